The van der Waals surface area contributed by atoms with Crippen molar-refractivity contribution in [1.29, 1.82) is 0 Å². The van der Waals surface area contributed by atoms with Gasteiger partial charge in [0.1, 0.15) is 0 Å². The number of aromatic nitrogens is 2. The molecule has 0 saturated carbocycles. The zero-order chi connectivity index (χ0) is 12.3. The van der Waals surface area contributed by atoms with Crippen LogP contribution in [0.1, 0.15) is 32.3 Å². The number of piperidine rings is 1. The van der Waals surface area contributed by atoms with E-state index in [4.69, 9.17) is 5.73 Å². The molecule has 1 fully saturated rings. The second-order valence-corrected chi connectivity index (χ2v) is 5.28. The van der Waals surface area contributed by atoms with Crippen LogP contribution in [-0.4, -0.2) is 33.8 Å². The molecule has 4 nitrogen and oxygen atoms in total. The summed E-state index contributed by atoms with van der Waals surface area (Å²) >= 11 is 0. The van der Waals surface area contributed by atoms with Crippen LogP contribution >= 0.6 is 0 Å². The van der Waals surface area contributed by atoms with Gasteiger partial charge in [-0.05, 0) is 25.3 Å². The molecule has 96 valence electrons. The Morgan fingerprint density at radius 2 is 2.35 bits per heavy atom. The van der Waals surface area contributed by atoms with Gasteiger partial charge in [-0.15, -0.1) is 0 Å². The molecule has 0 aliphatic carbocycles. The molecule has 2 unspecified atom stereocenters. The minimum atomic E-state index is 0.383. The van der Waals surface area contributed by atoms with Crippen molar-refractivity contribution in [1.82, 2.24) is 14.7 Å². The zero-order valence-electron chi connectivity index (χ0n) is 11.0. The van der Waals surface area contributed by atoms with Gasteiger partial charge in [0.05, 0.1) is 6.20 Å². The van der Waals surface area contributed by atoms with Gasteiger partial charge in [0, 0.05) is 37.4 Å². The predicted molar refractivity (Wildman–Crippen MR) is 69.6 cm³/mol. The highest BCUT2D eigenvalue weighted by Gasteiger charge is 2.23. The van der Waals surface area contributed by atoms with Gasteiger partial charge in [-0.3, -0.25) is 9.58 Å². The van der Waals surface area contributed by atoms with Crippen LogP contribution in [0, 0.1) is 5.92 Å². The highest BCUT2D eigenvalue weighted by Crippen LogP contribution is 2.17. The van der Waals surface area contributed by atoms with Crippen LogP contribution in [0.3, 0.4) is 0 Å². The van der Waals surface area contributed by atoms with Crippen molar-refractivity contribution in [2.24, 2.45) is 11.7 Å². The Labute approximate surface area is 104 Å². The molecule has 0 bridgehead atoms. The first kappa shape index (κ1) is 12.6. The van der Waals surface area contributed by atoms with E-state index in [1.54, 1.807) is 0 Å². The standard InChI is InChI=1S/C13H24N4/c1-3-5-17-10-12(7-15-17)9-16-6-4-13(14)11(2)8-16/h7,10-11,13H,3-6,8-9,14H2,1-2H3. The monoisotopic (exact) mass is 236 g/mol. The molecule has 1 aromatic rings. The summed E-state index contributed by atoms with van der Waals surface area (Å²) in [4.78, 5) is 2.49. The van der Waals surface area contributed by atoms with Crippen LogP contribution in [0.15, 0.2) is 12.4 Å². The Kier molecular flexibility index (Phi) is 4.18. The maximum absolute atomic E-state index is 6.03. The molecule has 0 radical (unpaired) electrons. The molecule has 1 aliphatic heterocycles. The summed E-state index contributed by atoms with van der Waals surface area (Å²) in [6.45, 7) is 8.68. The molecule has 2 N–H and O–H groups in total. The number of nitrogens with zero attached hydrogens (tertiary/aromatic N) is 3. The fourth-order valence-corrected chi connectivity index (χ4v) is 2.49. The van der Waals surface area contributed by atoms with Crippen LogP contribution < -0.4 is 5.73 Å². The van der Waals surface area contributed by atoms with Crippen molar-refractivity contribution >= 4 is 0 Å². The second kappa shape index (κ2) is 5.65. The molecule has 2 rings (SSSR count). The third kappa shape index (κ3) is 3.30. The lowest BCUT2D eigenvalue weighted by atomic mass is 9.95. The van der Waals surface area contributed by atoms with Gasteiger partial charge >= 0.3 is 0 Å². The third-order valence-electron chi connectivity index (χ3n) is 3.60. The predicted octanol–water partition coefficient (Wildman–Crippen LogP) is 1.46. The van der Waals surface area contributed by atoms with Gasteiger partial charge in [-0.1, -0.05) is 13.8 Å². The number of aryl methyl sites for hydroxylation is 1. The summed E-state index contributed by atoms with van der Waals surface area (Å²) in [6, 6.07) is 0.383. The molecule has 0 amide bonds. The maximum atomic E-state index is 6.03. The zero-order valence-corrected chi connectivity index (χ0v) is 11.0. The average Bonchev–Trinajstić information content (AvgIpc) is 2.72. The Balaban J connectivity index is 1.87. The number of likely N-dealkylation sites (tertiary alicyclic amines) is 1. The van der Waals surface area contributed by atoms with Crippen molar-refractivity contribution < 1.29 is 0 Å². The Bertz CT molecular complexity index is 347. The molecule has 4 heteroatoms. The molecule has 1 aromatic heterocycles. The fourth-order valence-electron chi connectivity index (χ4n) is 2.49. The van der Waals surface area contributed by atoms with E-state index >= 15 is 0 Å². The summed E-state index contributed by atoms with van der Waals surface area (Å²) in [6.07, 6.45) is 6.42. The summed E-state index contributed by atoms with van der Waals surface area (Å²) < 4.78 is 2.04. The van der Waals surface area contributed by atoms with Gasteiger partial charge in [0.25, 0.3) is 0 Å². The Hall–Kier alpha value is -0.870. The molecular weight excluding hydrogens is 212 g/mol. The van der Waals surface area contributed by atoms with E-state index in [2.05, 4.69) is 30.0 Å². The molecular formula is C13H24N4. The van der Waals surface area contributed by atoms with E-state index in [-0.39, 0.29) is 0 Å². The second-order valence-electron chi connectivity index (χ2n) is 5.28. The van der Waals surface area contributed by atoms with Gasteiger partial charge in [0.2, 0.25) is 0 Å². The average molecular weight is 236 g/mol. The lowest BCUT2D eigenvalue weighted by Crippen LogP contribution is -2.45. The Morgan fingerprint density at radius 1 is 1.53 bits per heavy atom. The number of nitrogens with two attached hydrogens (primary N) is 1. The van der Waals surface area contributed by atoms with Gasteiger partial charge in [0.15, 0.2) is 0 Å². The smallest absolute Gasteiger partial charge is 0.0534 e. The highest BCUT2D eigenvalue weighted by atomic mass is 15.3. The van der Waals surface area contributed by atoms with Gasteiger partial charge in [-0.25, -0.2) is 0 Å². The highest BCUT2D eigenvalue weighted by molar-refractivity contribution is 5.04. The van der Waals surface area contributed by atoms with Crippen molar-refractivity contribution in [2.45, 2.75) is 45.8 Å². The molecule has 0 aromatic carbocycles. The lowest BCUT2D eigenvalue weighted by Gasteiger charge is -2.34. The van der Waals surface area contributed by atoms with E-state index in [0.29, 0.717) is 12.0 Å². The van der Waals surface area contributed by atoms with Crippen LogP contribution in [0.4, 0.5) is 0 Å². The maximum Gasteiger partial charge on any atom is 0.0534 e. The van der Waals surface area contributed by atoms with E-state index in [1.165, 1.54) is 5.56 Å². The van der Waals surface area contributed by atoms with Crippen LogP contribution in [0.2, 0.25) is 0 Å². The van der Waals surface area contributed by atoms with E-state index < -0.39 is 0 Å². The minimum absolute atomic E-state index is 0.383. The van der Waals surface area contributed by atoms with Crippen molar-refractivity contribution in [2.75, 3.05) is 13.1 Å². The van der Waals surface area contributed by atoms with Crippen LogP contribution in [0.5, 0.6) is 0 Å². The molecule has 17 heavy (non-hydrogen) atoms. The van der Waals surface area contributed by atoms with E-state index in [1.807, 2.05) is 10.9 Å². The topological polar surface area (TPSA) is 47.1 Å². The van der Waals surface area contributed by atoms with Crippen molar-refractivity contribution in [3.63, 3.8) is 0 Å². The number of hydrogen-bond donors (Lipinski definition) is 1. The molecule has 0 spiro atoms. The summed E-state index contributed by atoms with van der Waals surface area (Å²) in [5.41, 5.74) is 7.35. The SMILES string of the molecule is CCCn1cc(CN2CCC(N)C(C)C2)cn1. The van der Waals surface area contributed by atoms with E-state index in [0.717, 1.165) is 39.0 Å². The number of hydrogen-bond acceptors (Lipinski definition) is 3. The largest absolute Gasteiger partial charge is 0.327 e. The first-order chi connectivity index (χ1) is 8.19. The summed E-state index contributed by atoms with van der Waals surface area (Å²) in [5, 5.41) is 4.37. The quantitative estimate of drug-likeness (QED) is 0.861. The first-order valence-electron chi connectivity index (χ1n) is 6.68. The molecule has 1 aliphatic rings. The number of rotatable bonds is 4. The first-order valence-corrected chi connectivity index (χ1v) is 6.68. The Morgan fingerprint density at radius 3 is 3.06 bits per heavy atom. The van der Waals surface area contributed by atoms with Gasteiger partial charge < -0.3 is 5.73 Å². The van der Waals surface area contributed by atoms with Crippen LogP contribution in [-0.2, 0) is 13.1 Å². The normalized spacial score (nSPS) is 26.3. The van der Waals surface area contributed by atoms with Crippen molar-refractivity contribution in [3.8, 4) is 0 Å². The summed E-state index contributed by atoms with van der Waals surface area (Å²) in [5.74, 6) is 0.606. The lowest BCUT2D eigenvalue weighted by molar-refractivity contribution is 0.158. The minimum Gasteiger partial charge on any atom is -0.327 e. The van der Waals surface area contributed by atoms with E-state index in [9.17, 15) is 0 Å². The molecule has 1 saturated heterocycles. The van der Waals surface area contributed by atoms with Crippen LogP contribution in [0.25, 0.3) is 0 Å². The third-order valence-corrected chi connectivity index (χ3v) is 3.60. The summed E-state index contributed by atoms with van der Waals surface area (Å²) in [7, 11) is 0. The molecule has 2 heterocycles. The van der Waals surface area contributed by atoms with Crippen molar-refractivity contribution in [3.05, 3.63) is 18.0 Å². The van der Waals surface area contributed by atoms with Gasteiger partial charge in [-0.2, -0.15) is 5.10 Å². The molecule has 2 atom stereocenters. The fraction of sp³-hybridized carbons (Fsp3) is 0.769.